The Morgan fingerprint density at radius 1 is 1.24 bits per heavy atom. The molecular formula is C15H16N2. The monoisotopic (exact) mass is 224 g/mol. The Hall–Kier alpha value is -1.62. The summed E-state index contributed by atoms with van der Waals surface area (Å²) in [4.78, 5) is 4.94. The fourth-order valence-corrected chi connectivity index (χ4v) is 3.23. The van der Waals surface area contributed by atoms with Crippen LogP contribution in [0.3, 0.4) is 0 Å². The van der Waals surface area contributed by atoms with Gasteiger partial charge in [-0.1, -0.05) is 37.1 Å². The third kappa shape index (κ3) is 1.76. The van der Waals surface area contributed by atoms with Crippen LogP contribution in [0.1, 0.15) is 43.2 Å². The summed E-state index contributed by atoms with van der Waals surface area (Å²) >= 11 is 0. The quantitative estimate of drug-likeness (QED) is 0.721. The molecule has 1 aromatic carbocycles. The van der Waals surface area contributed by atoms with E-state index in [9.17, 15) is 0 Å². The van der Waals surface area contributed by atoms with E-state index in [1.54, 1.807) is 0 Å². The molecule has 0 aromatic heterocycles. The number of hydrogen-bond acceptors (Lipinski definition) is 2. The van der Waals surface area contributed by atoms with Crippen LogP contribution >= 0.6 is 0 Å². The zero-order chi connectivity index (χ0) is 11.7. The second-order valence-electron chi connectivity index (χ2n) is 5.16. The van der Waals surface area contributed by atoms with Gasteiger partial charge in [-0.05, 0) is 30.4 Å². The molecule has 0 atom stereocenters. The molecule has 2 nitrogen and oxygen atoms in total. The lowest BCUT2D eigenvalue weighted by molar-refractivity contribution is 0.434. The topological polar surface area (TPSA) is 36.1 Å². The minimum absolute atomic E-state index is 0.126. The molecule has 0 saturated heterocycles. The first-order chi connectivity index (χ1) is 8.33. The van der Waals surface area contributed by atoms with Crippen LogP contribution in [0.25, 0.3) is 0 Å². The Labute approximate surface area is 102 Å². The zero-order valence-corrected chi connectivity index (χ0v) is 9.95. The van der Waals surface area contributed by atoms with E-state index in [2.05, 4.69) is 24.3 Å². The molecule has 2 aliphatic rings. The van der Waals surface area contributed by atoms with Crippen molar-refractivity contribution in [3.05, 3.63) is 35.4 Å². The van der Waals surface area contributed by atoms with Crippen LogP contribution in [-0.2, 0) is 6.42 Å². The SMILES string of the molecule is N#CCC1=NC2(CCCC2)Cc2ccccc21. The van der Waals surface area contributed by atoms with Gasteiger partial charge in [-0.15, -0.1) is 0 Å². The predicted octanol–water partition coefficient (Wildman–Crippen LogP) is 3.26. The number of benzene rings is 1. The minimum atomic E-state index is 0.126. The molecule has 17 heavy (non-hydrogen) atoms. The zero-order valence-electron chi connectivity index (χ0n) is 9.95. The highest BCUT2D eigenvalue weighted by Gasteiger charge is 2.37. The van der Waals surface area contributed by atoms with Crippen molar-refractivity contribution < 1.29 is 0 Å². The standard InChI is InChI=1S/C15H16N2/c16-10-7-14-13-6-2-1-5-12(13)11-15(17-14)8-3-4-9-15/h1-2,5-6H,3-4,7-9,11H2. The highest BCUT2D eigenvalue weighted by atomic mass is 14.9. The van der Waals surface area contributed by atoms with E-state index in [4.69, 9.17) is 10.3 Å². The summed E-state index contributed by atoms with van der Waals surface area (Å²) in [5.41, 5.74) is 3.72. The van der Waals surface area contributed by atoms with Gasteiger partial charge >= 0.3 is 0 Å². The highest BCUT2D eigenvalue weighted by molar-refractivity contribution is 6.04. The molecule has 1 aromatic rings. The molecule has 2 heteroatoms. The van der Waals surface area contributed by atoms with Crippen molar-refractivity contribution in [1.29, 1.82) is 5.26 Å². The van der Waals surface area contributed by atoms with Gasteiger partial charge in [-0.2, -0.15) is 5.26 Å². The van der Waals surface area contributed by atoms with Gasteiger partial charge in [-0.25, -0.2) is 0 Å². The van der Waals surface area contributed by atoms with Gasteiger partial charge in [0.2, 0.25) is 0 Å². The summed E-state index contributed by atoms with van der Waals surface area (Å²) in [5, 5.41) is 8.94. The summed E-state index contributed by atoms with van der Waals surface area (Å²) in [6.07, 6.45) is 6.46. The van der Waals surface area contributed by atoms with Gasteiger partial charge in [0.05, 0.1) is 23.7 Å². The van der Waals surface area contributed by atoms with E-state index >= 15 is 0 Å². The average Bonchev–Trinajstić information content (AvgIpc) is 2.77. The van der Waals surface area contributed by atoms with Crippen molar-refractivity contribution >= 4 is 5.71 Å². The summed E-state index contributed by atoms with van der Waals surface area (Å²) < 4.78 is 0. The molecule has 1 heterocycles. The molecule has 86 valence electrons. The molecule has 1 spiro atoms. The van der Waals surface area contributed by atoms with E-state index < -0.39 is 0 Å². The first kappa shape index (κ1) is 10.5. The van der Waals surface area contributed by atoms with E-state index in [0.29, 0.717) is 6.42 Å². The van der Waals surface area contributed by atoms with Crippen molar-refractivity contribution in [2.24, 2.45) is 4.99 Å². The molecule has 3 rings (SSSR count). The van der Waals surface area contributed by atoms with Crippen LogP contribution in [-0.4, -0.2) is 11.3 Å². The van der Waals surface area contributed by atoms with Gasteiger partial charge < -0.3 is 0 Å². The molecule has 0 amide bonds. The lowest BCUT2D eigenvalue weighted by atomic mass is 9.83. The lowest BCUT2D eigenvalue weighted by Gasteiger charge is -2.31. The number of rotatable bonds is 1. The number of nitriles is 1. The van der Waals surface area contributed by atoms with Crippen molar-refractivity contribution in [2.45, 2.75) is 44.1 Å². The molecule has 1 saturated carbocycles. The Morgan fingerprint density at radius 2 is 2.00 bits per heavy atom. The third-order valence-electron chi connectivity index (χ3n) is 4.00. The fraction of sp³-hybridized carbons (Fsp3) is 0.467. The summed E-state index contributed by atoms with van der Waals surface area (Å²) in [5.74, 6) is 0. The lowest BCUT2D eigenvalue weighted by Crippen LogP contribution is -2.32. The first-order valence-electron chi connectivity index (χ1n) is 6.37. The first-order valence-corrected chi connectivity index (χ1v) is 6.37. The molecule has 0 bridgehead atoms. The highest BCUT2D eigenvalue weighted by Crippen LogP contribution is 2.40. The fourth-order valence-electron chi connectivity index (χ4n) is 3.23. The summed E-state index contributed by atoms with van der Waals surface area (Å²) in [7, 11) is 0. The molecule has 1 aliphatic heterocycles. The minimum Gasteiger partial charge on any atom is -0.281 e. The van der Waals surface area contributed by atoms with Crippen LogP contribution in [0.4, 0.5) is 0 Å². The predicted molar refractivity (Wildman–Crippen MR) is 68.1 cm³/mol. The van der Waals surface area contributed by atoms with E-state index in [0.717, 1.165) is 12.1 Å². The summed E-state index contributed by atoms with van der Waals surface area (Å²) in [6.45, 7) is 0. The van der Waals surface area contributed by atoms with Gasteiger partial charge in [0, 0.05) is 0 Å². The number of hydrogen-bond donors (Lipinski definition) is 0. The van der Waals surface area contributed by atoms with Crippen LogP contribution in [0.5, 0.6) is 0 Å². The number of nitrogens with zero attached hydrogens (tertiary/aromatic N) is 2. The Bertz CT molecular complexity index is 502. The van der Waals surface area contributed by atoms with Crippen molar-refractivity contribution in [3.8, 4) is 6.07 Å². The second-order valence-corrected chi connectivity index (χ2v) is 5.16. The largest absolute Gasteiger partial charge is 0.281 e. The Kier molecular flexibility index (Phi) is 2.48. The van der Waals surface area contributed by atoms with Gasteiger partial charge in [-0.3, -0.25) is 4.99 Å². The van der Waals surface area contributed by atoms with E-state index in [-0.39, 0.29) is 5.54 Å². The molecule has 0 unspecified atom stereocenters. The van der Waals surface area contributed by atoms with Crippen LogP contribution in [0.15, 0.2) is 29.3 Å². The van der Waals surface area contributed by atoms with Crippen molar-refractivity contribution in [2.75, 3.05) is 0 Å². The molecule has 1 aliphatic carbocycles. The van der Waals surface area contributed by atoms with E-state index in [1.807, 2.05) is 6.07 Å². The number of fused-ring (bicyclic) bond motifs is 1. The van der Waals surface area contributed by atoms with Crippen LogP contribution < -0.4 is 0 Å². The molecule has 0 radical (unpaired) electrons. The maximum absolute atomic E-state index is 8.94. The maximum Gasteiger partial charge on any atom is 0.0776 e. The van der Waals surface area contributed by atoms with Gasteiger partial charge in [0.1, 0.15) is 0 Å². The second kappa shape index (κ2) is 4.00. The van der Waals surface area contributed by atoms with Crippen LogP contribution in [0, 0.1) is 11.3 Å². The Balaban J connectivity index is 2.07. The molecular weight excluding hydrogens is 208 g/mol. The molecule has 0 N–H and O–H groups in total. The van der Waals surface area contributed by atoms with Crippen molar-refractivity contribution in [1.82, 2.24) is 0 Å². The van der Waals surface area contributed by atoms with E-state index in [1.165, 1.54) is 36.8 Å². The average molecular weight is 224 g/mol. The number of aliphatic imine (C=N–C) groups is 1. The van der Waals surface area contributed by atoms with Crippen molar-refractivity contribution in [3.63, 3.8) is 0 Å². The summed E-state index contributed by atoms with van der Waals surface area (Å²) in [6, 6.07) is 10.7. The maximum atomic E-state index is 8.94. The van der Waals surface area contributed by atoms with Crippen LogP contribution in [0.2, 0.25) is 0 Å². The van der Waals surface area contributed by atoms with Gasteiger partial charge in [0.25, 0.3) is 0 Å². The third-order valence-corrected chi connectivity index (χ3v) is 4.00. The molecule has 1 fully saturated rings. The smallest absolute Gasteiger partial charge is 0.0776 e. The Morgan fingerprint density at radius 3 is 2.76 bits per heavy atom. The normalized spacial score (nSPS) is 20.8. The van der Waals surface area contributed by atoms with Gasteiger partial charge in [0.15, 0.2) is 0 Å².